The van der Waals surface area contributed by atoms with Crippen molar-refractivity contribution in [2.45, 2.75) is 31.1 Å². The summed E-state index contributed by atoms with van der Waals surface area (Å²) in [6.45, 7) is 4.55. The molecule has 104 valence electrons. The Morgan fingerprint density at radius 3 is 3.11 bits per heavy atom. The molecule has 0 spiro atoms. The van der Waals surface area contributed by atoms with Crippen LogP contribution in [0, 0.1) is 0 Å². The van der Waals surface area contributed by atoms with Gasteiger partial charge in [-0.1, -0.05) is 31.2 Å². The number of carbonyl (C=O) groups excluding carboxylic acids is 1. The molecule has 0 bridgehead atoms. The molecule has 1 aromatic rings. The first-order valence-corrected chi connectivity index (χ1v) is 8.10. The van der Waals surface area contributed by atoms with E-state index in [4.69, 9.17) is 0 Å². The molecule has 2 unspecified atom stereocenters. The maximum Gasteiger partial charge on any atom is 0.228 e. The van der Waals surface area contributed by atoms with Crippen molar-refractivity contribution in [2.75, 3.05) is 19.3 Å². The second kappa shape index (κ2) is 6.96. The molecular weight excluding hydrogens is 256 g/mol. The predicted molar refractivity (Wildman–Crippen MR) is 81.5 cm³/mol. The fourth-order valence-corrected chi connectivity index (χ4v) is 2.72. The average Bonchev–Trinajstić information content (AvgIpc) is 2.46. The van der Waals surface area contributed by atoms with E-state index in [2.05, 4.69) is 35.9 Å². The zero-order valence-corrected chi connectivity index (χ0v) is 12.4. The van der Waals surface area contributed by atoms with Crippen molar-refractivity contribution in [1.29, 1.82) is 0 Å². The average molecular weight is 278 g/mol. The molecule has 1 aromatic carbocycles. The van der Waals surface area contributed by atoms with Gasteiger partial charge in [0, 0.05) is 24.9 Å². The van der Waals surface area contributed by atoms with E-state index in [0.717, 1.165) is 26.1 Å². The molecule has 0 saturated carbocycles. The quantitative estimate of drug-likeness (QED) is 0.867. The summed E-state index contributed by atoms with van der Waals surface area (Å²) in [5.41, 5.74) is 2.42. The molecule has 2 N–H and O–H groups in total. The van der Waals surface area contributed by atoms with Crippen LogP contribution >= 0.6 is 11.8 Å². The van der Waals surface area contributed by atoms with Crippen molar-refractivity contribution in [3.63, 3.8) is 0 Å². The maximum atomic E-state index is 12.3. The first-order valence-electron chi connectivity index (χ1n) is 6.81. The largest absolute Gasteiger partial charge is 0.355 e. The highest BCUT2D eigenvalue weighted by molar-refractivity contribution is 7.99. The van der Waals surface area contributed by atoms with Crippen LogP contribution in [0.4, 0.5) is 0 Å². The lowest BCUT2D eigenvalue weighted by Gasteiger charge is -2.25. The third-order valence-corrected chi connectivity index (χ3v) is 4.70. The normalized spacial score (nSPS) is 19.6. The Kier molecular flexibility index (Phi) is 5.28. The third-order valence-electron chi connectivity index (χ3n) is 3.66. The van der Waals surface area contributed by atoms with Crippen LogP contribution < -0.4 is 10.6 Å². The minimum absolute atomic E-state index is 0.0467. The Balaban J connectivity index is 1.93. The molecule has 0 aromatic heterocycles. The summed E-state index contributed by atoms with van der Waals surface area (Å²) in [6.07, 6.45) is 3.13. The van der Waals surface area contributed by atoms with Crippen LogP contribution in [0.25, 0.3) is 0 Å². The van der Waals surface area contributed by atoms with Crippen molar-refractivity contribution in [2.24, 2.45) is 0 Å². The summed E-state index contributed by atoms with van der Waals surface area (Å²) in [7, 11) is 0. The molecule has 0 radical (unpaired) electrons. The molecule has 0 saturated heterocycles. The van der Waals surface area contributed by atoms with Gasteiger partial charge in [-0.25, -0.2) is 0 Å². The highest BCUT2D eigenvalue weighted by atomic mass is 32.2. The maximum absolute atomic E-state index is 12.3. The molecular formula is C15H22N2OS. The van der Waals surface area contributed by atoms with Gasteiger partial charge in [0.2, 0.25) is 5.91 Å². The number of benzene rings is 1. The lowest BCUT2D eigenvalue weighted by molar-refractivity contribution is -0.122. The molecule has 2 rings (SSSR count). The van der Waals surface area contributed by atoms with Gasteiger partial charge in [0.1, 0.15) is 0 Å². The van der Waals surface area contributed by atoms with Crippen molar-refractivity contribution in [1.82, 2.24) is 10.6 Å². The molecule has 1 amide bonds. The first kappa shape index (κ1) is 14.4. The van der Waals surface area contributed by atoms with Crippen LogP contribution in [0.5, 0.6) is 0 Å². The molecule has 4 heteroatoms. The molecule has 1 aliphatic heterocycles. The Morgan fingerprint density at radius 1 is 1.53 bits per heavy atom. The Labute approximate surface area is 119 Å². The zero-order valence-electron chi connectivity index (χ0n) is 11.6. The van der Waals surface area contributed by atoms with E-state index in [-0.39, 0.29) is 11.8 Å². The highest BCUT2D eigenvalue weighted by Gasteiger charge is 2.25. The van der Waals surface area contributed by atoms with Crippen LogP contribution in [0.3, 0.4) is 0 Å². The molecule has 0 fully saturated rings. The Hall–Kier alpha value is -1.00. The standard InChI is InChI=1S/C15H22N2OS/c1-11(19-2)7-8-17-15(18)14-10-16-9-12-5-3-4-6-13(12)14/h3-6,11,14,16H,7-10H2,1-2H3,(H,17,18). The van der Waals surface area contributed by atoms with Crippen molar-refractivity contribution in [3.05, 3.63) is 35.4 Å². The number of thioether (sulfide) groups is 1. The van der Waals surface area contributed by atoms with Gasteiger partial charge in [0.05, 0.1) is 5.92 Å². The SMILES string of the molecule is CSC(C)CCNC(=O)C1CNCc2ccccc21. The first-order chi connectivity index (χ1) is 9.22. The number of amides is 1. The molecule has 0 aliphatic carbocycles. The highest BCUT2D eigenvalue weighted by Crippen LogP contribution is 2.23. The monoisotopic (exact) mass is 278 g/mol. The summed E-state index contributed by atoms with van der Waals surface area (Å²) >= 11 is 1.84. The molecule has 1 heterocycles. The number of carbonyl (C=O) groups is 1. The van der Waals surface area contributed by atoms with Crippen LogP contribution in [0.15, 0.2) is 24.3 Å². The van der Waals surface area contributed by atoms with Gasteiger partial charge in [-0.3, -0.25) is 4.79 Å². The van der Waals surface area contributed by atoms with Gasteiger partial charge in [-0.2, -0.15) is 11.8 Å². The van der Waals surface area contributed by atoms with Crippen LogP contribution in [-0.2, 0) is 11.3 Å². The van der Waals surface area contributed by atoms with Gasteiger partial charge in [-0.05, 0) is 23.8 Å². The predicted octanol–water partition coefficient (Wildman–Crippen LogP) is 2.13. The van der Waals surface area contributed by atoms with Crippen LogP contribution in [0.1, 0.15) is 30.4 Å². The number of nitrogens with one attached hydrogen (secondary N) is 2. The second-order valence-corrected chi connectivity index (χ2v) is 6.28. The van der Waals surface area contributed by atoms with E-state index < -0.39 is 0 Å². The van der Waals surface area contributed by atoms with E-state index in [0.29, 0.717) is 5.25 Å². The fourth-order valence-electron chi connectivity index (χ4n) is 2.37. The Bertz CT molecular complexity index is 436. The van der Waals surface area contributed by atoms with Crippen LogP contribution in [-0.4, -0.2) is 30.5 Å². The van der Waals surface area contributed by atoms with Gasteiger partial charge in [0.15, 0.2) is 0 Å². The third kappa shape index (κ3) is 3.74. The lowest BCUT2D eigenvalue weighted by atomic mass is 9.90. The molecule has 2 atom stereocenters. The Morgan fingerprint density at radius 2 is 2.32 bits per heavy atom. The van der Waals surface area contributed by atoms with Crippen molar-refractivity contribution in [3.8, 4) is 0 Å². The van der Waals surface area contributed by atoms with E-state index in [1.165, 1.54) is 11.1 Å². The summed E-state index contributed by atoms with van der Waals surface area (Å²) in [5, 5.41) is 6.98. The van der Waals surface area contributed by atoms with Gasteiger partial charge >= 0.3 is 0 Å². The number of hydrogen-bond acceptors (Lipinski definition) is 3. The summed E-state index contributed by atoms with van der Waals surface area (Å²) in [6, 6.07) is 8.21. The number of rotatable bonds is 5. The lowest BCUT2D eigenvalue weighted by Crippen LogP contribution is -2.39. The van der Waals surface area contributed by atoms with E-state index >= 15 is 0 Å². The van der Waals surface area contributed by atoms with Crippen molar-refractivity contribution < 1.29 is 4.79 Å². The van der Waals surface area contributed by atoms with Crippen LogP contribution in [0.2, 0.25) is 0 Å². The zero-order chi connectivity index (χ0) is 13.7. The molecule has 3 nitrogen and oxygen atoms in total. The molecule has 1 aliphatic rings. The molecule has 19 heavy (non-hydrogen) atoms. The topological polar surface area (TPSA) is 41.1 Å². The fraction of sp³-hybridized carbons (Fsp3) is 0.533. The second-order valence-electron chi connectivity index (χ2n) is 5.01. The minimum atomic E-state index is -0.0467. The van der Waals surface area contributed by atoms with Gasteiger partial charge in [0.25, 0.3) is 0 Å². The van der Waals surface area contributed by atoms with Gasteiger partial charge in [-0.15, -0.1) is 0 Å². The number of hydrogen-bond donors (Lipinski definition) is 2. The van der Waals surface area contributed by atoms with Crippen molar-refractivity contribution >= 4 is 17.7 Å². The number of fused-ring (bicyclic) bond motifs is 1. The summed E-state index contributed by atoms with van der Waals surface area (Å²) < 4.78 is 0. The smallest absolute Gasteiger partial charge is 0.228 e. The summed E-state index contributed by atoms with van der Waals surface area (Å²) in [5.74, 6) is 0.0995. The van der Waals surface area contributed by atoms with E-state index in [1.54, 1.807) is 0 Å². The van der Waals surface area contributed by atoms with E-state index in [9.17, 15) is 4.79 Å². The van der Waals surface area contributed by atoms with E-state index in [1.807, 2.05) is 23.9 Å². The van der Waals surface area contributed by atoms with Gasteiger partial charge < -0.3 is 10.6 Å². The minimum Gasteiger partial charge on any atom is -0.355 e. The summed E-state index contributed by atoms with van der Waals surface area (Å²) in [4.78, 5) is 12.3.